The van der Waals surface area contributed by atoms with Crippen LogP contribution in [0.2, 0.25) is 5.15 Å². The fourth-order valence-corrected chi connectivity index (χ4v) is 3.69. The molecular weight excluding hydrogens is 535 g/mol. The highest BCUT2D eigenvalue weighted by molar-refractivity contribution is 14.1. The molecule has 2 heterocycles. The predicted molar refractivity (Wildman–Crippen MR) is 117 cm³/mol. The van der Waals surface area contributed by atoms with E-state index in [4.69, 9.17) is 11.6 Å². The second-order valence-corrected chi connectivity index (χ2v) is 8.27. The quantitative estimate of drug-likeness (QED) is 0.169. The van der Waals surface area contributed by atoms with Gasteiger partial charge < -0.3 is 10.1 Å². The van der Waals surface area contributed by atoms with E-state index in [-0.39, 0.29) is 11.7 Å². The van der Waals surface area contributed by atoms with Crippen LogP contribution < -0.4 is 10.1 Å². The summed E-state index contributed by atoms with van der Waals surface area (Å²) in [5, 5.41) is 3.68. The topological polar surface area (TPSA) is 64.1 Å². The maximum Gasteiger partial charge on any atom is 0.451 e. The molecule has 2 aromatic heterocycles. The monoisotopic (exact) mass is 547 g/mol. The number of hydrogen-bond acceptors (Lipinski definition) is 5. The molecule has 0 fully saturated rings. The van der Waals surface area contributed by atoms with Crippen LogP contribution in [-0.4, -0.2) is 20.0 Å². The lowest BCUT2D eigenvalue weighted by molar-refractivity contribution is -0.0691. The number of amides is 1. The number of anilines is 1. The van der Waals surface area contributed by atoms with Crippen molar-refractivity contribution in [2.75, 3.05) is 5.32 Å². The molecule has 0 bridgehead atoms. The number of ether oxygens (including phenoxy) is 1. The van der Waals surface area contributed by atoms with Gasteiger partial charge in [-0.1, -0.05) is 11.6 Å². The molecule has 0 atom stereocenters. The summed E-state index contributed by atoms with van der Waals surface area (Å²) in [6.07, 6.45) is 3.22. The van der Waals surface area contributed by atoms with E-state index in [2.05, 4.69) is 20.0 Å². The van der Waals surface area contributed by atoms with E-state index in [0.717, 1.165) is 28.2 Å². The van der Waals surface area contributed by atoms with Crippen molar-refractivity contribution in [1.82, 2.24) is 9.97 Å². The number of nitrogens with one attached hydrogen (secondary N) is 1. The van der Waals surface area contributed by atoms with Crippen LogP contribution in [-0.2, 0) is 5.75 Å². The molecule has 0 saturated heterocycles. The first kappa shape index (κ1) is 21.7. The Hall–Kier alpha value is -1.98. The first-order valence-electron chi connectivity index (χ1n) is 8.15. The minimum absolute atomic E-state index is 0.00367. The van der Waals surface area contributed by atoms with Crippen LogP contribution in [0.4, 0.5) is 14.5 Å². The largest absolute Gasteiger partial charge is 0.451 e. The highest BCUT2D eigenvalue weighted by Gasteiger charge is 2.26. The Balaban J connectivity index is 1.68. The summed E-state index contributed by atoms with van der Waals surface area (Å²) in [6, 6.07) is 12.6. The van der Waals surface area contributed by atoms with E-state index in [0.29, 0.717) is 27.2 Å². The van der Waals surface area contributed by atoms with E-state index in [1.807, 2.05) is 6.07 Å². The molecule has 0 aliphatic rings. The normalized spacial score (nSPS) is 11.2. The average Bonchev–Trinajstić information content (AvgIpc) is 2.67. The van der Waals surface area contributed by atoms with Gasteiger partial charge in [0.25, 0.3) is 5.91 Å². The maximum atomic E-state index is 12.9. The van der Waals surface area contributed by atoms with Crippen molar-refractivity contribution in [3.8, 4) is 5.75 Å². The van der Waals surface area contributed by atoms with E-state index in [1.54, 1.807) is 30.6 Å². The third-order valence-corrected chi connectivity index (χ3v) is 5.03. The standard InChI is InChI=1S/C19H13ClF2IN3O2S/c20-16-10-12(7-9-24-16)11-29-18-15(2-1-8-25-18)17(27)26-13-3-5-14(6-4-13)28-19(21,22)23/h1-10H,11H2,(H,26,27). The zero-order valence-corrected chi connectivity index (χ0v) is 18.3. The summed E-state index contributed by atoms with van der Waals surface area (Å²) < 4.78 is 26.9. The van der Waals surface area contributed by atoms with Crippen LogP contribution in [0.1, 0.15) is 15.9 Å². The van der Waals surface area contributed by atoms with Gasteiger partial charge in [0, 0.05) is 23.8 Å². The number of rotatable bonds is 7. The summed E-state index contributed by atoms with van der Waals surface area (Å²) in [6.45, 7) is 0. The number of pyridine rings is 2. The number of halogens is 4. The number of alkyl halides is 3. The highest BCUT2D eigenvalue weighted by atomic mass is 127. The number of aromatic nitrogens is 2. The van der Waals surface area contributed by atoms with Crippen LogP contribution in [0.3, 0.4) is 0 Å². The summed E-state index contributed by atoms with van der Waals surface area (Å²) >= 11 is 8.18. The summed E-state index contributed by atoms with van der Waals surface area (Å²) in [4.78, 5) is 20.9. The number of carbonyl (C=O) groups is 1. The predicted octanol–water partition coefficient (Wildman–Crippen LogP) is 6.04. The molecule has 150 valence electrons. The molecule has 5 nitrogen and oxygen atoms in total. The van der Waals surface area contributed by atoms with Crippen LogP contribution in [0.15, 0.2) is 66.0 Å². The average molecular weight is 548 g/mol. The lowest BCUT2D eigenvalue weighted by Crippen LogP contribution is -2.15. The Morgan fingerprint density at radius 1 is 1.17 bits per heavy atom. The van der Waals surface area contributed by atoms with Crippen molar-refractivity contribution < 1.29 is 18.3 Å². The van der Waals surface area contributed by atoms with Crippen LogP contribution >= 0.6 is 46.0 Å². The molecular formula is C19H13ClF2IN3O2S. The summed E-state index contributed by atoms with van der Waals surface area (Å²) in [5.41, 5.74) is 1.80. The Morgan fingerprint density at radius 3 is 2.62 bits per heavy atom. The molecule has 0 radical (unpaired) electrons. The summed E-state index contributed by atoms with van der Waals surface area (Å²) in [7, 11) is 0. The minimum Gasteiger partial charge on any atom is -0.425 e. The second-order valence-electron chi connectivity index (χ2n) is 5.66. The van der Waals surface area contributed by atoms with E-state index in [1.165, 1.54) is 36.0 Å². The van der Waals surface area contributed by atoms with Gasteiger partial charge in [0.05, 0.1) is 28.2 Å². The third kappa shape index (κ3) is 6.79. The number of thioether (sulfide) groups is 1. The molecule has 0 aliphatic heterocycles. The first-order valence-corrected chi connectivity index (χ1v) is 10.6. The lowest BCUT2D eigenvalue weighted by atomic mass is 10.2. The van der Waals surface area contributed by atoms with Crippen LogP contribution in [0.25, 0.3) is 0 Å². The van der Waals surface area contributed by atoms with Crippen LogP contribution in [0.5, 0.6) is 5.75 Å². The Bertz CT molecular complexity index is 1000. The molecule has 0 unspecified atom stereocenters. The Kier molecular flexibility index (Phi) is 7.25. The fraction of sp³-hybridized carbons (Fsp3) is 0.105. The number of hydrogen-bond donors (Lipinski definition) is 1. The molecule has 0 saturated carbocycles. The van der Waals surface area contributed by atoms with Gasteiger partial charge >= 0.3 is 4.12 Å². The molecule has 0 aliphatic carbocycles. The van der Waals surface area contributed by atoms with E-state index in [9.17, 15) is 13.6 Å². The van der Waals surface area contributed by atoms with Gasteiger partial charge in [-0.2, -0.15) is 8.78 Å². The number of benzene rings is 1. The zero-order chi connectivity index (χ0) is 20.9. The van der Waals surface area contributed by atoms with Crippen molar-refractivity contribution in [2.24, 2.45) is 0 Å². The van der Waals surface area contributed by atoms with Gasteiger partial charge in [0.15, 0.2) is 0 Å². The van der Waals surface area contributed by atoms with Crippen LogP contribution in [0, 0.1) is 0 Å². The zero-order valence-electron chi connectivity index (χ0n) is 14.6. The molecule has 0 spiro atoms. The second kappa shape index (κ2) is 9.68. The Labute approximate surface area is 188 Å². The van der Waals surface area contributed by atoms with Crippen molar-refractivity contribution in [3.63, 3.8) is 0 Å². The van der Waals surface area contributed by atoms with E-state index < -0.39 is 4.12 Å². The van der Waals surface area contributed by atoms with Gasteiger partial charge in [0.2, 0.25) is 0 Å². The Morgan fingerprint density at radius 2 is 1.93 bits per heavy atom. The van der Waals surface area contributed by atoms with Crippen molar-refractivity contribution >= 4 is 57.5 Å². The minimum atomic E-state index is -3.30. The molecule has 1 amide bonds. The van der Waals surface area contributed by atoms with Gasteiger partial charge in [-0.3, -0.25) is 4.79 Å². The van der Waals surface area contributed by atoms with Crippen molar-refractivity contribution in [2.45, 2.75) is 14.9 Å². The summed E-state index contributed by atoms with van der Waals surface area (Å²) in [5.74, 6) is 0.202. The van der Waals surface area contributed by atoms with Crippen molar-refractivity contribution in [1.29, 1.82) is 0 Å². The first-order chi connectivity index (χ1) is 13.8. The number of nitrogens with zero attached hydrogens (tertiary/aromatic N) is 2. The maximum absolute atomic E-state index is 12.9. The third-order valence-electron chi connectivity index (χ3n) is 3.53. The fourth-order valence-electron chi connectivity index (χ4n) is 2.30. The molecule has 3 aromatic rings. The van der Waals surface area contributed by atoms with Gasteiger partial charge in [-0.25, -0.2) is 9.97 Å². The van der Waals surface area contributed by atoms with Gasteiger partial charge in [0.1, 0.15) is 15.9 Å². The molecule has 10 heteroatoms. The SMILES string of the molecule is O=C(Nc1ccc(OC(F)(F)I)cc1)c1cccnc1SCc1ccnc(Cl)c1. The van der Waals surface area contributed by atoms with Gasteiger partial charge in [-0.05, 0) is 54.1 Å². The van der Waals surface area contributed by atoms with E-state index >= 15 is 0 Å². The van der Waals surface area contributed by atoms with Crippen molar-refractivity contribution in [3.05, 3.63) is 77.2 Å². The molecule has 1 aromatic carbocycles. The molecule has 3 rings (SSSR count). The number of carbonyl (C=O) groups excluding carboxylic acids is 1. The lowest BCUT2D eigenvalue weighted by Gasteiger charge is -2.12. The molecule has 29 heavy (non-hydrogen) atoms. The highest BCUT2D eigenvalue weighted by Crippen LogP contribution is 2.29. The molecule has 1 N–H and O–H groups in total. The smallest absolute Gasteiger partial charge is 0.425 e. The van der Waals surface area contributed by atoms with Gasteiger partial charge in [-0.15, -0.1) is 11.8 Å².